The van der Waals surface area contributed by atoms with Gasteiger partial charge in [-0.05, 0) is 12.1 Å². The summed E-state index contributed by atoms with van der Waals surface area (Å²) < 4.78 is 4.86. The Balaban J connectivity index is 2.23. The molecule has 3 nitrogen and oxygen atoms in total. The molecule has 15 heavy (non-hydrogen) atoms. The molecule has 1 aromatic heterocycles. The summed E-state index contributed by atoms with van der Waals surface area (Å²) in [6, 6.07) is 12.0. The van der Waals surface area contributed by atoms with Crippen LogP contribution >= 0.6 is 0 Å². The van der Waals surface area contributed by atoms with Gasteiger partial charge in [-0.2, -0.15) is 0 Å². The van der Waals surface area contributed by atoms with E-state index in [1.165, 1.54) is 17.4 Å². The summed E-state index contributed by atoms with van der Waals surface area (Å²) in [5.41, 5.74) is 1.28. The third-order valence-electron chi connectivity index (χ3n) is 2.13. The molecule has 1 aromatic carbocycles. The highest BCUT2D eigenvalue weighted by atomic mass is 16.3. The van der Waals surface area contributed by atoms with E-state index in [1.807, 2.05) is 18.2 Å². The summed E-state index contributed by atoms with van der Waals surface area (Å²) >= 11 is 0. The third kappa shape index (κ3) is 1.91. The lowest BCUT2D eigenvalue weighted by Crippen LogP contribution is -2.25. The van der Waals surface area contributed by atoms with Crippen molar-refractivity contribution in [3.63, 3.8) is 0 Å². The van der Waals surface area contributed by atoms with Crippen molar-refractivity contribution in [3.05, 3.63) is 54.5 Å². The Morgan fingerprint density at radius 3 is 2.87 bits per heavy atom. The first-order valence-corrected chi connectivity index (χ1v) is 4.56. The number of para-hydroxylation sites is 1. The number of nitrogens with zero attached hydrogens (tertiary/aromatic N) is 1. The summed E-state index contributed by atoms with van der Waals surface area (Å²) in [5, 5.41) is 0. The molecule has 75 valence electrons. The van der Waals surface area contributed by atoms with Gasteiger partial charge in [0, 0.05) is 13.1 Å². The average molecular weight is 200 g/mol. The predicted molar refractivity (Wildman–Crippen MR) is 56.7 cm³/mol. The van der Waals surface area contributed by atoms with Crippen molar-refractivity contribution >= 4 is 11.6 Å². The summed E-state index contributed by atoms with van der Waals surface area (Å²) in [4.78, 5) is 13.4. The van der Waals surface area contributed by atoms with E-state index in [0.29, 0.717) is 5.56 Å². The summed E-state index contributed by atoms with van der Waals surface area (Å²) in [6.45, 7) is 0. The van der Waals surface area contributed by atoms with Crippen LogP contribution in [0, 0.1) is 6.07 Å². The molecule has 0 aliphatic heterocycles. The van der Waals surface area contributed by atoms with Crippen molar-refractivity contribution in [2.75, 3.05) is 11.9 Å². The number of furan rings is 1. The van der Waals surface area contributed by atoms with E-state index in [9.17, 15) is 4.79 Å². The molecule has 0 bridgehead atoms. The quantitative estimate of drug-likeness (QED) is 0.745. The van der Waals surface area contributed by atoms with Crippen LogP contribution in [0.5, 0.6) is 0 Å². The minimum atomic E-state index is -0.105. The molecule has 2 aromatic rings. The van der Waals surface area contributed by atoms with Crippen LogP contribution in [0.1, 0.15) is 10.4 Å². The van der Waals surface area contributed by atoms with Gasteiger partial charge in [0.25, 0.3) is 5.91 Å². The number of hydrogen-bond acceptors (Lipinski definition) is 2. The van der Waals surface area contributed by atoms with Gasteiger partial charge < -0.3 is 9.32 Å². The second-order valence-electron chi connectivity index (χ2n) is 3.12. The fourth-order valence-electron chi connectivity index (χ4n) is 1.28. The average Bonchev–Trinajstić information content (AvgIpc) is 2.82. The fraction of sp³-hybridized carbons (Fsp3) is 0.0833. The number of rotatable bonds is 2. The molecule has 0 N–H and O–H groups in total. The molecule has 0 saturated carbocycles. The molecule has 3 heteroatoms. The van der Waals surface area contributed by atoms with E-state index in [0.717, 1.165) is 5.69 Å². The minimum absolute atomic E-state index is 0.105. The Kier molecular flexibility index (Phi) is 2.54. The molecular weight excluding hydrogens is 190 g/mol. The highest BCUT2D eigenvalue weighted by Crippen LogP contribution is 2.14. The van der Waals surface area contributed by atoms with Crippen LogP contribution in [-0.2, 0) is 0 Å². The zero-order valence-electron chi connectivity index (χ0n) is 8.31. The second kappa shape index (κ2) is 4.00. The SMILES string of the molecule is CN(C(=O)c1ccoc1)c1[c]cccc1. The molecule has 1 heterocycles. The molecule has 1 amide bonds. The summed E-state index contributed by atoms with van der Waals surface area (Å²) in [6.07, 6.45) is 2.91. The van der Waals surface area contributed by atoms with E-state index >= 15 is 0 Å². The Bertz CT molecular complexity index is 434. The van der Waals surface area contributed by atoms with Crippen LogP contribution < -0.4 is 4.90 Å². The molecule has 0 aliphatic carbocycles. The van der Waals surface area contributed by atoms with Crippen LogP contribution in [0.3, 0.4) is 0 Å². The van der Waals surface area contributed by atoms with E-state index in [2.05, 4.69) is 6.07 Å². The van der Waals surface area contributed by atoms with Crippen molar-refractivity contribution in [3.8, 4) is 0 Å². The Labute approximate surface area is 87.9 Å². The van der Waals surface area contributed by atoms with Crippen LogP contribution in [0.15, 0.2) is 47.3 Å². The summed E-state index contributed by atoms with van der Waals surface area (Å²) in [5.74, 6) is -0.105. The number of anilines is 1. The zero-order valence-corrected chi connectivity index (χ0v) is 8.31. The predicted octanol–water partition coefficient (Wildman–Crippen LogP) is 2.36. The van der Waals surface area contributed by atoms with Crippen LogP contribution in [0.4, 0.5) is 5.69 Å². The minimum Gasteiger partial charge on any atom is -0.472 e. The highest BCUT2D eigenvalue weighted by Gasteiger charge is 2.13. The molecule has 0 aliphatic rings. The number of carbonyl (C=O) groups is 1. The maximum Gasteiger partial charge on any atom is 0.261 e. The van der Waals surface area contributed by atoms with Crippen molar-refractivity contribution in [1.29, 1.82) is 0 Å². The van der Waals surface area contributed by atoms with Gasteiger partial charge in [-0.25, -0.2) is 0 Å². The van der Waals surface area contributed by atoms with Crippen molar-refractivity contribution in [2.45, 2.75) is 0 Å². The fourth-order valence-corrected chi connectivity index (χ4v) is 1.28. The van der Waals surface area contributed by atoms with Gasteiger partial charge in [0.15, 0.2) is 0 Å². The third-order valence-corrected chi connectivity index (χ3v) is 2.13. The molecule has 0 saturated heterocycles. The first kappa shape index (κ1) is 9.52. The van der Waals surface area contributed by atoms with Gasteiger partial charge in [0.05, 0.1) is 17.5 Å². The van der Waals surface area contributed by atoms with Gasteiger partial charge in [-0.1, -0.05) is 18.2 Å². The molecule has 0 fully saturated rings. The lowest BCUT2D eigenvalue weighted by Gasteiger charge is -2.15. The van der Waals surface area contributed by atoms with Gasteiger partial charge in [0.1, 0.15) is 6.26 Å². The molecule has 1 radical (unpaired) electrons. The number of carbonyl (C=O) groups excluding carboxylic acids is 1. The first-order chi connectivity index (χ1) is 7.29. The Morgan fingerprint density at radius 2 is 2.27 bits per heavy atom. The van der Waals surface area contributed by atoms with E-state index in [1.54, 1.807) is 19.2 Å². The largest absolute Gasteiger partial charge is 0.472 e. The molecule has 0 atom stereocenters. The molecular formula is C12H10NO2. The maximum absolute atomic E-state index is 11.9. The zero-order chi connectivity index (χ0) is 10.7. The first-order valence-electron chi connectivity index (χ1n) is 4.56. The van der Waals surface area contributed by atoms with Crippen molar-refractivity contribution in [1.82, 2.24) is 0 Å². The lowest BCUT2D eigenvalue weighted by molar-refractivity contribution is 0.0992. The maximum atomic E-state index is 11.9. The second-order valence-corrected chi connectivity index (χ2v) is 3.12. The molecule has 2 rings (SSSR count). The normalized spacial score (nSPS) is 9.93. The monoisotopic (exact) mass is 200 g/mol. The lowest BCUT2D eigenvalue weighted by atomic mass is 10.2. The van der Waals surface area contributed by atoms with Crippen LogP contribution in [-0.4, -0.2) is 13.0 Å². The van der Waals surface area contributed by atoms with Gasteiger partial charge >= 0.3 is 0 Å². The number of benzene rings is 1. The van der Waals surface area contributed by atoms with Gasteiger partial charge in [-0.15, -0.1) is 0 Å². The van der Waals surface area contributed by atoms with Gasteiger partial charge in [-0.3, -0.25) is 4.79 Å². The standard InChI is InChI=1S/C12H10NO2/c1-13(11-5-3-2-4-6-11)12(14)10-7-8-15-9-10/h2-5,7-9H,1H3. The Morgan fingerprint density at radius 1 is 1.40 bits per heavy atom. The van der Waals surface area contributed by atoms with Crippen molar-refractivity contribution in [2.24, 2.45) is 0 Å². The van der Waals surface area contributed by atoms with E-state index < -0.39 is 0 Å². The Hall–Kier alpha value is -2.03. The van der Waals surface area contributed by atoms with Gasteiger partial charge in [0.2, 0.25) is 0 Å². The number of amides is 1. The van der Waals surface area contributed by atoms with Crippen LogP contribution in [0.25, 0.3) is 0 Å². The molecule has 0 spiro atoms. The smallest absolute Gasteiger partial charge is 0.261 e. The highest BCUT2D eigenvalue weighted by molar-refractivity contribution is 6.05. The van der Waals surface area contributed by atoms with Crippen LogP contribution in [0.2, 0.25) is 0 Å². The summed E-state index contributed by atoms with van der Waals surface area (Å²) in [7, 11) is 1.71. The van der Waals surface area contributed by atoms with Crippen molar-refractivity contribution < 1.29 is 9.21 Å². The van der Waals surface area contributed by atoms with E-state index in [-0.39, 0.29) is 5.91 Å². The number of hydrogen-bond donors (Lipinski definition) is 0. The van der Waals surface area contributed by atoms with E-state index in [4.69, 9.17) is 4.42 Å². The topological polar surface area (TPSA) is 33.5 Å². The molecule has 0 unspecified atom stereocenters.